The first-order valence-electron chi connectivity index (χ1n) is 9.16. The standard InChI is InChI=1S/C24H30O2/c1-7-10-17-12-16(9-3)13-20(22(17)25)19-14-18(11-8-2)23(26)21(15-19)24(4,5)6/h7-8,12-15,25-26H,1-2,9-11H2,3-6H3. The van der Waals surface area contributed by atoms with Gasteiger partial charge in [0.15, 0.2) is 0 Å². The molecule has 2 aromatic rings. The lowest BCUT2D eigenvalue weighted by molar-refractivity contribution is 0.441. The van der Waals surface area contributed by atoms with Gasteiger partial charge in [-0.2, -0.15) is 0 Å². The Labute approximate surface area is 157 Å². The van der Waals surface area contributed by atoms with Crippen molar-refractivity contribution in [3.05, 3.63) is 71.8 Å². The van der Waals surface area contributed by atoms with Crippen molar-refractivity contribution >= 4 is 0 Å². The summed E-state index contributed by atoms with van der Waals surface area (Å²) < 4.78 is 0. The molecule has 138 valence electrons. The molecule has 2 N–H and O–H groups in total. The lowest BCUT2D eigenvalue weighted by atomic mass is 9.82. The van der Waals surface area contributed by atoms with Crippen LogP contribution in [0.15, 0.2) is 49.6 Å². The maximum atomic E-state index is 10.8. The van der Waals surface area contributed by atoms with E-state index in [2.05, 4.69) is 40.9 Å². The highest BCUT2D eigenvalue weighted by molar-refractivity contribution is 5.75. The molecule has 0 aliphatic rings. The summed E-state index contributed by atoms with van der Waals surface area (Å²) in [5.41, 5.74) is 5.26. The summed E-state index contributed by atoms with van der Waals surface area (Å²) in [5.74, 6) is 0.607. The molecule has 26 heavy (non-hydrogen) atoms. The van der Waals surface area contributed by atoms with Crippen molar-refractivity contribution < 1.29 is 10.2 Å². The number of aromatic hydroxyl groups is 2. The number of hydrogen-bond donors (Lipinski definition) is 2. The first-order chi connectivity index (χ1) is 12.2. The van der Waals surface area contributed by atoms with Crippen LogP contribution in [-0.2, 0) is 24.7 Å². The Hall–Kier alpha value is -2.48. The zero-order valence-corrected chi connectivity index (χ0v) is 16.4. The van der Waals surface area contributed by atoms with Gasteiger partial charge in [-0.25, -0.2) is 0 Å². The van der Waals surface area contributed by atoms with Crippen LogP contribution in [0.25, 0.3) is 11.1 Å². The summed E-state index contributed by atoms with van der Waals surface area (Å²) >= 11 is 0. The van der Waals surface area contributed by atoms with Crippen molar-refractivity contribution in [3.63, 3.8) is 0 Å². The highest BCUT2D eigenvalue weighted by Crippen LogP contribution is 2.41. The van der Waals surface area contributed by atoms with Crippen LogP contribution in [-0.4, -0.2) is 10.2 Å². The molecule has 0 fully saturated rings. The molecule has 2 heteroatoms. The Balaban J connectivity index is 2.79. The van der Waals surface area contributed by atoms with Crippen molar-refractivity contribution in [2.75, 3.05) is 0 Å². The lowest BCUT2D eigenvalue weighted by Gasteiger charge is -2.24. The van der Waals surface area contributed by atoms with Gasteiger partial charge in [-0.3, -0.25) is 0 Å². The van der Waals surface area contributed by atoms with Crippen molar-refractivity contribution in [2.24, 2.45) is 0 Å². The minimum atomic E-state index is -0.210. The van der Waals surface area contributed by atoms with Crippen LogP contribution in [0.2, 0.25) is 0 Å². The fourth-order valence-electron chi connectivity index (χ4n) is 3.23. The van der Waals surface area contributed by atoms with E-state index >= 15 is 0 Å². The number of rotatable bonds is 6. The minimum absolute atomic E-state index is 0.210. The van der Waals surface area contributed by atoms with Gasteiger partial charge in [0, 0.05) is 11.1 Å². The average Bonchev–Trinajstić information content (AvgIpc) is 2.58. The number of phenolic OH excluding ortho intramolecular Hbond substituents is 2. The van der Waals surface area contributed by atoms with Gasteiger partial charge in [0.1, 0.15) is 11.5 Å². The molecule has 2 aromatic carbocycles. The fraction of sp³-hybridized carbons (Fsp3) is 0.333. The zero-order valence-electron chi connectivity index (χ0n) is 16.4. The van der Waals surface area contributed by atoms with Crippen LogP contribution < -0.4 is 0 Å². The number of aryl methyl sites for hydroxylation is 1. The van der Waals surface area contributed by atoms with E-state index in [4.69, 9.17) is 0 Å². The molecule has 0 aromatic heterocycles. The highest BCUT2D eigenvalue weighted by Gasteiger charge is 2.22. The summed E-state index contributed by atoms with van der Waals surface area (Å²) in [4.78, 5) is 0. The second-order valence-electron chi connectivity index (χ2n) is 7.77. The van der Waals surface area contributed by atoms with Crippen LogP contribution in [0.1, 0.15) is 49.9 Å². The Kier molecular flexibility index (Phi) is 5.97. The predicted octanol–water partition coefficient (Wildman–Crippen LogP) is 6.08. The second-order valence-corrected chi connectivity index (χ2v) is 7.77. The lowest BCUT2D eigenvalue weighted by Crippen LogP contribution is -2.12. The predicted molar refractivity (Wildman–Crippen MR) is 111 cm³/mol. The Morgan fingerprint density at radius 2 is 1.46 bits per heavy atom. The van der Waals surface area contributed by atoms with Crippen LogP contribution in [0.4, 0.5) is 0 Å². The summed E-state index contributed by atoms with van der Waals surface area (Å²) in [6.07, 6.45) is 5.68. The first kappa shape index (κ1) is 19.8. The third-order valence-electron chi connectivity index (χ3n) is 4.69. The zero-order chi connectivity index (χ0) is 19.5. The third kappa shape index (κ3) is 4.01. The summed E-state index contributed by atoms with van der Waals surface area (Å²) in [7, 11) is 0. The van der Waals surface area contributed by atoms with Gasteiger partial charge >= 0.3 is 0 Å². The smallest absolute Gasteiger partial charge is 0.126 e. The maximum Gasteiger partial charge on any atom is 0.126 e. The number of benzene rings is 2. The van der Waals surface area contributed by atoms with Crippen LogP contribution in [0.3, 0.4) is 0 Å². The van der Waals surface area contributed by atoms with Gasteiger partial charge in [0.2, 0.25) is 0 Å². The van der Waals surface area contributed by atoms with E-state index in [-0.39, 0.29) is 11.2 Å². The minimum Gasteiger partial charge on any atom is -0.507 e. The molecule has 0 unspecified atom stereocenters. The van der Waals surface area contributed by atoms with E-state index in [0.29, 0.717) is 18.6 Å². The molecular formula is C24H30O2. The van der Waals surface area contributed by atoms with Gasteiger partial charge < -0.3 is 10.2 Å². The molecule has 0 saturated carbocycles. The monoisotopic (exact) mass is 350 g/mol. The maximum absolute atomic E-state index is 10.8. The van der Waals surface area contributed by atoms with Gasteiger partial charge in [0.25, 0.3) is 0 Å². The molecule has 0 saturated heterocycles. The summed E-state index contributed by atoms with van der Waals surface area (Å²) in [6.45, 7) is 15.9. The van der Waals surface area contributed by atoms with E-state index in [9.17, 15) is 10.2 Å². The molecule has 0 aliphatic heterocycles. The van der Waals surface area contributed by atoms with Gasteiger partial charge in [-0.1, -0.05) is 45.9 Å². The molecule has 2 rings (SSSR count). The van der Waals surface area contributed by atoms with Gasteiger partial charge in [-0.05, 0) is 65.1 Å². The van der Waals surface area contributed by atoms with Crippen LogP contribution in [0, 0.1) is 0 Å². The molecule has 0 spiro atoms. The largest absolute Gasteiger partial charge is 0.507 e. The van der Waals surface area contributed by atoms with E-state index in [1.807, 2.05) is 24.3 Å². The summed E-state index contributed by atoms with van der Waals surface area (Å²) in [5, 5.41) is 21.6. The van der Waals surface area contributed by atoms with Gasteiger partial charge in [-0.15, -0.1) is 13.2 Å². The molecule has 2 nitrogen and oxygen atoms in total. The number of phenols is 2. The van der Waals surface area contributed by atoms with Crippen LogP contribution in [0.5, 0.6) is 11.5 Å². The third-order valence-corrected chi connectivity index (χ3v) is 4.69. The number of allylic oxidation sites excluding steroid dienone is 2. The molecule has 0 heterocycles. The molecule has 0 aliphatic carbocycles. The normalized spacial score (nSPS) is 11.4. The van der Waals surface area contributed by atoms with Crippen LogP contribution >= 0.6 is 0 Å². The van der Waals surface area contributed by atoms with E-state index in [1.165, 1.54) is 5.56 Å². The average molecular weight is 351 g/mol. The Bertz CT molecular complexity index is 823. The molecule has 0 atom stereocenters. The molecule has 0 radical (unpaired) electrons. The summed E-state index contributed by atoms with van der Waals surface area (Å²) in [6, 6.07) is 8.03. The quantitative estimate of drug-likeness (QED) is 0.620. The Morgan fingerprint density at radius 3 is 1.96 bits per heavy atom. The van der Waals surface area contributed by atoms with Crippen molar-refractivity contribution in [2.45, 2.75) is 52.4 Å². The number of hydrogen-bond acceptors (Lipinski definition) is 2. The van der Waals surface area contributed by atoms with Gasteiger partial charge in [0.05, 0.1) is 0 Å². The molecule has 0 amide bonds. The fourth-order valence-corrected chi connectivity index (χ4v) is 3.23. The first-order valence-corrected chi connectivity index (χ1v) is 9.16. The second kappa shape index (κ2) is 7.82. The Morgan fingerprint density at radius 1 is 0.885 bits per heavy atom. The van der Waals surface area contributed by atoms with E-state index in [0.717, 1.165) is 34.2 Å². The van der Waals surface area contributed by atoms with Crippen molar-refractivity contribution in [1.29, 1.82) is 0 Å². The van der Waals surface area contributed by atoms with Crippen molar-refractivity contribution in [1.82, 2.24) is 0 Å². The highest BCUT2D eigenvalue weighted by atomic mass is 16.3. The van der Waals surface area contributed by atoms with E-state index < -0.39 is 0 Å². The molecule has 0 bridgehead atoms. The molecular weight excluding hydrogens is 320 g/mol. The van der Waals surface area contributed by atoms with E-state index in [1.54, 1.807) is 12.2 Å². The SMILES string of the molecule is C=CCc1cc(CC)cc(-c2cc(CC=C)c(O)c(C(C)(C)C)c2)c1O. The van der Waals surface area contributed by atoms with Crippen molar-refractivity contribution in [3.8, 4) is 22.6 Å². The topological polar surface area (TPSA) is 40.5 Å².